The predicted octanol–water partition coefficient (Wildman–Crippen LogP) is 1.43. The smallest absolute Gasteiger partial charge is 0.0767 e. The Morgan fingerprint density at radius 2 is 2.42 bits per heavy atom. The summed E-state index contributed by atoms with van der Waals surface area (Å²) in [5.41, 5.74) is 1.62. The molecular formula is C10H17NO. The van der Waals surface area contributed by atoms with Crippen LogP contribution in [0.3, 0.4) is 0 Å². The Hall–Kier alpha value is -0.340. The summed E-state index contributed by atoms with van der Waals surface area (Å²) < 4.78 is 5.49. The minimum atomic E-state index is 0.256. The van der Waals surface area contributed by atoms with Crippen LogP contribution in [-0.2, 0) is 4.74 Å². The van der Waals surface area contributed by atoms with Gasteiger partial charge >= 0.3 is 0 Å². The van der Waals surface area contributed by atoms with Crippen molar-refractivity contribution in [2.75, 3.05) is 20.2 Å². The number of hydrogen-bond donors (Lipinski definition) is 0. The second kappa shape index (κ2) is 2.57. The van der Waals surface area contributed by atoms with Gasteiger partial charge in [-0.3, -0.25) is 4.90 Å². The van der Waals surface area contributed by atoms with E-state index in [9.17, 15) is 0 Å². The van der Waals surface area contributed by atoms with Crippen molar-refractivity contribution >= 4 is 0 Å². The lowest BCUT2D eigenvalue weighted by Gasteiger charge is -2.31. The van der Waals surface area contributed by atoms with Crippen LogP contribution >= 0.6 is 0 Å². The summed E-state index contributed by atoms with van der Waals surface area (Å²) in [7, 11) is 1.82. The fourth-order valence-corrected chi connectivity index (χ4v) is 2.73. The minimum absolute atomic E-state index is 0.256. The molecule has 0 radical (unpaired) electrons. The summed E-state index contributed by atoms with van der Waals surface area (Å²) in [6.45, 7) is 8.61. The molecule has 2 aliphatic rings. The molecule has 0 aliphatic carbocycles. The highest BCUT2D eigenvalue weighted by Crippen LogP contribution is 2.41. The van der Waals surface area contributed by atoms with Crippen LogP contribution in [0.5, 0.6) is 0 Å². The van der Waals surface area contributed by atoms with Crippen molar-refractivity contribution in [2.45, 2.75) is 31.4 Å². The van der Waals surface area contributed by atoms with Crippen molar-refractivity contribution in [3.8, 4) is 0 Å². The second-order valence-corrected chi connectivity index (χ2v) is 4.22. The SMILES string of the molecule is C=C1CN2CC[C@H](OC)[C@@]2(C)C1. The monoisotopic (exact) mass is 167 g/mol. The average Bonchev–Trinajstić information content (AvgIpc) is 2.41. The van der Waals surface area contributed by atoms with Crippen LogP contribution in [0.4, 0.5) is 0 Å². The zero-order chi connectivity index (χ0) is 8.77. The highest BCUT2D eigenvalue weighted by molar-refractivity contribution is 5.18. The molecule has 68 valence electrons. The van der Waals surface area contributed by atoms with E-state index in [-0.39, 0.29) is 5.54 Å². The van der Waals surface area contributed by atoms with Crippen LogP contribution < -0.4 is 0 Å². The number of ether oxygens (including phenoxy) is 1. The Morgan fingerprint density at radius 3 is 3.08 bits per heavy atom. The van der Waals surface area contributed by atoms with Crippen LogP contribution in [0, 0.1) is 0 Å². The van der Waals surface area contributed by atoms with Gasteiger partial charge < -0.3 is 4.74 Å². The van der Waals surface area contributed by atoms with Gasteiger partial charge in [0, 0.05) is 25.7 Å². The summed E-state index contributed by atoms with van der Waals surface area (Å²) in [4.78, 5) is 2.50. The Balaban J connectivity index is 2.21. The quantitative estimate of drug-likeness (QED) is 0.548. The van der Waals surface area contributed by atoms with E-state index in [1.54, 1.807) is 0 Å². The third-order valence-corrected chi connectivity index (χ3v) is 3.38. The van der Waals surface area contributed by atoms with E-state index >= 15 is 0 Å². The Morgan fingerprint density at radius 1 is 1.67 bits per heavy atom. The molecule has 0 saturated carbocycles. The van der Waals surface area contributed by atoms with Gasteiger partial charge in [-0.1, -0.05) is 12.2 Å². The first-order valence-corrected chi connectivity index (χ1v) is 4.61. The molecule has 2 nitrogen and oxygen atoms in total. The van der Waals surface area contributed by atoms with Gasteiger partial charge in [0.1, 0.15) is 0 Å². The molecule has 2 heteroatoms. The standard InChI is InChI=1S/C10H17NO/c1-8-6-10(2)9(12-3)4-5-11(10)7-8/h9H,1,4-7H2,2-3H3/t9-,10+/m0/s1. The maximum Gasteiger partial charge on any atom is 0.0767 e. The van der Waals surface area contributed by atoms with Crippen molar-refractivity contribution in [2.24, 2.45) is 0 Å². The van der Waals surface area contributed by atoms with E-state index in [1.165, 1.54) is 18.5 Å². The van der Waals surface area contributed by atoms with Gasteiger partial charge in [0.15, 0.2) is 0 Å². The van der Waals surface area contributed by atoms with E-state index in [4.69, 9.17) is 4.74 Å². The van der Waals surface area contributed by atoms with Crippen molar-refractivity contribution in [3.63, 3.8) is 0 Å². The summed E-state index contributed by atoms with van der Waals surface area (Å²) in [5.74, 6) is 0. The largest absolute Gasteiger partial charge is 0.379 e. The van der Waals surface area contributed by atoms with Crippen molar-refractivity contribution < 1.29 is 4.74 Å². The lowest BCUT2D eigenvalue weighted by molar-refractivity contribution is 0.0270. The van der Waals surface area contributed by atoms with Crippen LogP contribution in [0.25, 0.3) is 0 Å². The zero-order valence-corrected chi connectivity index (χ0v) is 7.97. The maximum atomic E-state index is 5.49. The highest BCUT2D eigenvalue weighted by atomic mass is 16.5. The topological polar surface area (TPSA) is 12.5 Å². The fraction of sp³-hybridized carbons (Fsp3) is 0.800. The number of nitrogens with zero attached hydrogens (tertiary/aromatic N) is 1. The molecule has 0 aromatic carbocycles. The molecule has 0 spiro atoms. The molecule has 2 rings (SSSR count). The molecule has 0 N–H and O–H groups in total. The van der Waals surface area contributed by atoms with Crippen molar-refractivity contribution in [1.29, 1.82) is 0 Å². The number of rotatable bonds is 1. The highest BCUT2D eigenvalue weighted by Gasteiger charge is 2.49. The molecule has 0 aromatic heterocycles. The molecule has 2 heterocycles. The van der Waals surface area contributed by atoms with Gasteiger partial charge in [-0.25, -0.2) is 0 Å². The normalized spacial score (nSPS) is 42.2. The molecule has 2 fully saturated rings. The molecule has 0 bridgehead atoms. The van der Waals surface area contributed by atoms with Gasteiger partial charge in [-0.15, -0.1) is 0 Å². The van der Waals surface area contributed by atoms with Crippen LogP contribution in [0.1, 0.15) is 19.8 Å². The van der Waals surface area contributed by atoms with Crippen LogP contribution in [-0.4, -0.2) is 36.7 Å². The fourth-order valence-electron chi connectivity index (χ4n) is 2.73. The number of methoxy groups -OCH3 is 1. The molecule has 2 saturated heterocycles. The first kappa shape index (κ1) is 8.27. The first-order chi connectivity index (χ1) is 5.66. The summed E-state index contributed by atoms with van der Waals surface area (Å²) in [6, 6.07) is 0. The Bertz CT molecular complexity index is 214. The Labute approximate surface area is 74.2 Å². The molecule has 2 atom stereocenters. The summed E-state index contributed by atoms with van der Waals surface area (Å²) >= 11 is 0. The van der Waals surface area contributed by atoms with Gasteiger partial charge in [0.2, 0.25) is 0 Å². The second-order valence-electron chi connectivity index (χ2n) is 4.22. The van der Waals surface area contributed by atoms with E-state index in [0.29, 0.717) is 6.10 Å². The lowest BCUT2D eigenvalue weighted by Crippen LogP contribution is -2.43. The van der Waals surface area contributed by atoms with Gasteiger partial charge in [-0.05, 0) is 19.8 Å². The van der Waals surface area contributed by atoms with Crippen LogP contribution in [0.2, 0.25) is 0 Å². The van der Waals surface area contributed by atoms with Gasteiger partial charge in [0.25, 0.3) is 0 Å². The molecule has 2 aliphatic heterocycles. The molecule has 12 heavy (non-hydrogen) atoms. The maximum absolute atomic E-state index is 5.49. The van der Waals surface area contributed by atoms with E-state index in [0.717, 1.165) is 13.0 Å². The van der Waals surface area contributed by atoms with Gasteiger partial charge in [-0.2, -0.15) is 0 Å². The van der Waals surface area contributed by atoms with Crippen LogP contribution in [0.15, 0.2) is 12.2 Å². The molecule has 0 unspecified atom stereocenters. The zero-order valence-electron chi connectivity index (χ0n) is 7.97. The molecular weight excluding hydrogens is 150 g/mol. The number of fused-ring (bicyclic) bond motifs is 1. The van der Waals surface area contributed by atoms with E-state index < -0.39 is 0 Å². The van der Waals surface area contributed by atoms with E-state index in [1.807, 2.05) is 7.11 Å². The molecule has 0 aromatic rings. The van der Waals surface area contributed by atoms with Crippen molar-refractivity contribution in [3.05, 3.63) is 12.2 Å². The van der Waals surface area contributed by atoms with E-state index in [2.05, 4.69) is 18.4 Å². The average molecular weight is 167 g/mol. The summed E-state index contributed by atoms with van der Waals surface area (Å²) in [5, 5.41) is 0. The molecule has 0 amide bonds. The third kappa shape index (κ3) is 0.947. The predicted molar refractivity (Wildman–Crippen MR) is 49.1 cm³/mol. The minimum Gasteiger partial charge on any atom is -0.379 e. The summed E-state index contributed by atoms with van der Waals surface area (Å²) in [6.07, 6.45) is 2.71. The Kier molecular flexibility index (Phi) is 1.77. The first-order valence-electron chi connectivity index (χ1n) is 4.61. The third-order valence-electron chi connectivity index (χ3n) is 3.38. The van der Waals surface area contributed by atoms with Gasteiger partial charge in [0.05, 0.1) is 6.10 Å². The number of hydrogen-bond acceptors (Lipinski definition) is 2. The lowest BCUT2D eigenvalue weighted by atomic mass is 9.92. The van der Waals surface area contributed by atoms with Crippen molar-refractivity contribution in [1.82, 2.24) is 4.90 Å².